The van der Waals surface area contributed by atoms with Crippen molar-refractivity contribution in [2.75, 3.05) is 32.1 Å². The zero-order valence-electron chi connectivity index (χ0n) is 22.1. The summed E-state index contributed by atoms with van der Waals surface area (Å²) in [6.45, 7) is 9.86. The lowest BCUT2D eigenvalue weighted by Gasteiger charge is -2.22. The van der Waals surface area contributed by atoms with E-state index in [2.05, 4.69) is 63.0 Å². The van der Waals surface area contributed by atoms with Crippen molar-refractivity contribution in [3.05, 3.63) is 64.1 Å². The van der Waals surface area contributed by atoms with Gasteiger partial charge in [-0.25, -0.2) is 9.97 Å². The molecule has 0 atom stereocenters. The molecule has 2 heterocycles. The molecule has 5 rings (SSSR count). The Balaban J connectivity index is 1.44. The average molecular weight is 502 g/mol. The number of fused-ring (bicyclic) bond motifs is 1. The van der Waals surface area contributed by atoms with Crippen LogP contribution in [-0.2, 0) is 6.42 Å². The Morgan fingerprint density at radius 2 is 1.72 bits per heavy atom. The van der Waals surface area contributed by atoms with E-state index in [9.17, 15) is 4.79 Å². The number of carbonyl (C=O) groups is 1. The highest BCUT2D eigenvalue weighted by molar-refractivity contribution is 7.19. The molecule has 1 aliphatic carbocycles. The van der Waals surface area contributed by atoms with E-state index in [0.29, 0.717) is 24.6 Å². The first kappa shape index (κ1) is 24.5. The van der Waals surface area contributed by atoms with Crippen LogP contribution in [0.4, 0.5) is 5.13 Å². The molecule has 2 aromatic carbocycles. The summed E-state index contributed by atoms with van der Waals surface area (Å²) in [6, 6.07) is 10.7. The number of rotatable bonds is 8. The number of imidazole rings is 1. The van der Waals surface area contributed by atoms with Gasteiger partial charge in [-0.1, -0.05) is 29.5 Å². The van der Waals surface area contributed by atoms with Crippen LogP contribution in [0.1, 0.15) is 51.4 Å². The molecule has 36 heavy (non-hydrogen) atoms. The van der Waals surface area contributed by atoms with Gasteiger partial charge in [0.1, 0.15) is 11.5 Å². The van der Waals surface area contributed by atoms with E-state index in [1.807, 2.05) is 23.9 Å². The fraction of sp³-hybridized carbons (Fsp3) is 0.414. The molecular weight excluding hydrogens is 466 g/mol. The summed E-state index contributed by atoms with van der Waals surface area (Å²) in [4.78, 5) is 32.0. The minimum Gasteiger partial charge on any atom is -0.354 e. The quantitative estimate of drug-likeness (QED) is 0.318. The summed E-state index contributed by atoms with van der Waals surface area (Å²) >= 11 is 1.58. The molecule has 7 heteroatoms. The number of aromatic nitrogens is 3. The summed E-state index contributed by atoms with van der Waals surface area (Å²) in [5.41, 5.74) is 8.62. The van der Waals surface area contributed by atoms with Crippen molar-refractivity contribution < 1.29 is 4.79 Å². The number of nitrogens with zero attached hydrogens (tertiary/aromatic N) is 4. The largest absolute Gasteiger partial charge is 0.354 e. The number of H-pyrrole nitrogens is 1. The summed E-state index contributed by atoms with van der Waals surface area (Å²) < 4.78 is 0. The van der Waals surface area contributed by atoms with Gasteiger partial charge < -0.3 is 14.8 Å². The minimum absolute atomic E-state index is 0.0160. The van der Waals surface area contributed by atoms with E-state index >= 15 is 0 Å². The summed E-state index contributed by atoms with van der Waals surface area (Å²) in [5, 5.41) is 0.848. The Morgan fingerprint density at radius 3 is 2.42 bits per heavy atom. The van der Waals surface area contributed by atoms with Crippen LogP contribution < -0.4 is 4.90 Å². The first-order valence-corrected chi connectivity index (χ1v) is 13.5. The van der Waals surface area contributed by atoms with Crippen LogP contribution in [0.15, 0.2) is 30.3 Å². The lowest BCUT2D eigenvalue weighted by Crippen LogP contribution is -2.35. The van der Waals surface area contributed by atoms with E-state index in [0.717, 1.165) is 39.0 Å². The minimum atomic E-state index is 0.0160. The molecule has 0 bridgehead atoms. The number of carbonyl (C=O) groups excluding carboxylic acids is 1. The monoisotopic (exact) mass is 501 g/mol. The molecule has 6 nitrogen and oxygen atoms in total. The van der Waals surface area contributed by atoms with Crippen LogP contribution in [0.3, 0.4) is 0 Å². The van der Waals surface area contributed by atoms with E-state index in [4.69, 9.17) is 9.97 Å². The van der Waals surface area contributed by atoms with Crippen LogP contribution in [0.5, 0.6) is 0 Å². The van der Waals surface area contributed by atoms with E-state index in [1.54, 1.807) is 11.3 Å². The highest BCUT2D eigenvalue weighted by Gasteiger charge is 2.30. The first-order valence-electron chi connectivity index (χ1n) is 12.7. The number of hydrogen-bond donors (Lipinski definition) is 1. The number of aryl methyl sites for hydroxylation is 4. The molecule has 2 aromatic heterocycles. The number of thiazole rings is 1. The third-order valence-electron chi connectivity index (χ3n) is 7.20. The van der Waals surface area contributed by atoms with Crippen LogP contribution >= 0.6 is 11.3 Å². The molecule has 1 amide bonds. The SMILES string of the molecule is Cc1ccc(-c2sc(N(C)C)nc2C(=O)N(CCc2nc3cc(C)c(C)cc3[nH]2)CC2CC2)cc1C. The van der Waals surface area contributed by atoms with Crippen LogP contribution in [0.25, 0.3) is 21.5 Å². The molecule has 4 aromatic rings. The normalized spacial score (nSPS) is 13.4. The molecular formula is C29H35N5OS. The van der Waals surface area contributed by atoms with E-state index in [-0.39, 0.29) is 5.91 Å². The zero-order valence-corrected chi connectivity index (χ0v) is 22.9. The van der Waals surface area contributed by atoms with Crippen LogP contribution in [-0.4, -0.2) is 52.9 Å². The van der Waals surface area contributed by atoms with Gasteiger partial charge in [-0.2, -0.15) is 0 Å². The number of aromatic amines is 1. The molecule has 1 aliphatic rings. The van der Waals surface area contributed by atoms with Gasteiger partial charge in [0.05, 0.1) is 15.9 Å². The Hall–Kier alpha value is -3.19. The van der Waals surface area contributed by atoms with E-state index in [1.165, 1.54) is 35.1 Å². The molecule has 0 saturated heterocycles. The number of benzene rings is 2. The lowest BCUT2D eigenvalue weighted by atomic mass is 10.0. The van der Waals surface area contributed by atoms with Gasteiger partial charge in [0.2, 0.25) is 0 Å². The van der Waals surface area contributed by atoms with Gasteiger partial charge in [0.15, 0.2) is 5.13 Å². The van der Waals surface area contributed by atoms with Gasteiger partial charge in [-0.3, -0.25) is 4.79 Å². The maximum Gasteiger partial charge on any atom is 0.274 e. The highest BCUT2D eigenvalue weighted by Crippen LogP contribution is 2.37. The van der Waals surface area contributed by atoms with Crippen LogP contribution in [0.2, 0.25) is 0 Å². The predicted octanol–water partition coefficient (Wildman–Crippen LogP) is 6.08. The van der Waals surface area contributed by atoms with Crippen molar-refractivity contribution >= 4 is 33.4 Å². The van der Waals surface area contributed by atoms with Crippen LogP contribution in [0, 0.1) is 33.6 Å². The van der Waals surface area contributed by atoms with Crippen molar-refractivity contribution in [2.24, 2.45) is 5.92 Å². The topological polar surface area (TPSA) is 65.1 Å². The molecule has 1 saturated carbocycles. The third-order valence-corrected chi connectivity index (χ3v) is 8.47. The highest BCUT2D eigenvalue weighted by atomic mass is 32.1. The van der Waals surface area contributed by atoms with Gasteiger partial charge in [-0.05, 0) is 86.4 Å². The van der Waals surface area contributed by atoms with Gasteiger partial charge >= 0.3 is 0 Å². The van der Waals surface area contributed by atoms with Crippen molar-refractivity contribution in [3.63, 3.8) is 0 Å². The Kier molecular flexibility index (Phi) is 6.60. The first-order chi connectivity index (χ1) is 17.2. The van der Waals surface area contributed by atoms with Crippen molar-refractivity contribution in [1.29, 1.82) is 0 Å². The number of nitrogens with one attached hydrogen (secondary N) is 1. The Labute approximate surface area is 217 Å². The Bertz CT molecular complexity index is 1390. The summed E-state index contributed by atoms with van der Waals surface area (Å²) in [5.74, 6) is 1.53. The van der Waals surface area contributed by atoms with Crippen molar-refractivity contribution in [2.45, 2.75) is 47.0 Å². The van der Waals surface area contributed by atoms with Gasteiger partial charge in [0, 0.05) is 33.6 Å². The maximum atomic E-state index is 14.0. The number of amides is 1. The third kappa shape index (κ3) is 5.03. The lowest BCUT2D eigenvalue weighted by molar-refractivity contribution is 0.0744. The molecule has 0 aliphatic heterocycles. The summed E-state index contributed by atoms with van der Waals surface area (Å²) in [6.07, 6.45) is 3.07. The smallest absolute Gasteiger partial charge is 0.274 e. The molecule has 188 valence electrons. The van der Waals surface area contributed by atoms with Gasteiger partial charge in [0.25, 0.3) is 5.91 Å². The standard InChI is InChI=1S/C29H35N5OS/c1-17-7-10-22(13-18(17)2)27-26(32-29(36-27)33(5)6)28(35)34(16-21-8-9-21)12-11-25-30-23-14-19(3)20(4)15-24(23)31-25/h7,10,13-15,21H,8-9,11-12,16H2,1-6H3,(H,30,31). The molecule has 0 radical (unpaired) electrons. The summed E-state index contributed by atoms with van der Waals surface area (Å²) in [7, 11) is 3.95. The second-order valence-corrected chi connectivity index (χ2v) is 11.4. The fourth-order valence-electron chi connectivity index (χ4n) is 4.44. The van der Waals surface area contributed by atoms with Crippen molar-refractivity contribution in [1.82, 2.24) is 19.9 Å². The Morgan fingerprint density at radius 1 is 1.00 bits per heavy atom. The van der Waals surface area contributed by atoms with Gasteiger partial charge in [-0.15, -0.1) is 0 Å². The second-order valence-electron chi connectivity index (χ2n) is 10.4. The molecule has 0 unspecified atom stereocenters. The molecule has 1 fully saturated rings. The molecule has 1 N–H and O–H groups in total. The number of hydrogen-bond acceptors (Lipinski definition) is 5. The number of anilines is 1. The van der Waals surface area contributed by atoms with E-state index < -0.39 is 0 Å². The molecule has 0 spiro atoms. The van der Waals surface area contributed by atoms with Crippen molar-refractivity contribution in [3.8, 4) is 10.4 Å². The average Bonchev–Trinajstić information content (AvgIpc) is 3.40. The fourth-order valence-corrected chi connectivity index (χ4v) is 5.42. The zero-order chi connectivity index (χ0) is 25.6. The predicted molar refractivity (Wildman–Crippen MR) is 149 cm³/mol. The second kappa shape index (κ2) is 9.69. The maximum absolute atomic E-state index is 14.0.